The molecule has 9 nitrogen and oxygen atoms in total. The molecular formula is C27H24N4O5S. The van der Waals surface area contributed by atoms with Crippen molar-refractivity contribution in [2.45, 2.75) is 18.6 Å². The van der Waals surface area contributed by atoms with Crippen LogP contribution in [0.2, 0.25) is 0 Å². The van der Waals surface area contributed by atoms with Crippen molar-refractivity contribution < 1.29 is 18.8 Å². The molecule has 0 radical (unpaired) electrons. The quantitative estimate of drug-likeness (QED) is 0.186. The molecule has 1 aliphatic rings. The number of thiocarbonyl (C=S) groups is 1. The average molecular weight is 517 g/mol. The second-order valence-corrected chi connectivity index (χ2v) is 8.83. The van der Waals surface area contributed by atoms with Crippen molar-refractivity contribution >= 4 is 23.0 Å². The fourth-order valence-corrected chi connectivity index (χ4v) is 4.77. The van der Waals surface area contributed by atoms with Gasteiger partial charge in [0.05, 0.1) is 42.5 Å². The molecule has 2 atom stereocenters. The predicted molar refractivity (Wildman–Crippen MR) is 141 cm³/mol. The summed E-state index contributed by atoms with van der Waals surface area (Å²) in [6.07, 6.45) is 1.75. The van der Waals surface area contributed by atoms with Gasteiger partial charge >= 0.3 is 0 Å². The molecule has 1 aliphatic heterocycles. The van der Waals surface area contributed by atoms with E-state index in [1.165, 1.54) is 19.2 Å². The molecule has 0 bridgehead atoms. The van der Waals surface area contributed by atoms with Gasteiger partial charge in [-0.2, -0.15) is 0 Å². The van der Waals surface area contributed by atoms with Crippen molar-refractivity contribution in [1.82, 2.24) is 15.2 Å². The molecule has 37 heavy (non-hydrogen) atoms. The summed E-state index contributed by atoms with van der Waals surface area (Å²) >= 11 is 5.76. The highest BCUT2D eigenvalue weighted by Gasteiger charge is 2.41. The SMILES string of the molecule is COc1ccc(CN2C(=S)N[C@H](c3ccccn3)[C@H]2c2ccc(-c3ccc([N+](=O)[O-])cc3OC)o2)cc1. The van der Waals surface area contributed by atoms with E-state index in [0.29, 0.717) is 34.5 Å². The van der Waals surface area contributed by atoms with E-state index in [2.05, 4.69) is 15.2 Å². The van der Waals surface area contributed by atoms with Gasteiger partial charge in [-0.15, -0.1) is 0 Å². The number of benzene rings is 2. The molecule has 0 unspecified atom stereocenters. The molecular weight excluding hydrogens is 492 g/mol. The van der Waals surface area contributed by atoms with Gasteiger partial charge in [0.2, 0.25) is 0 Å². The number of aromatic nitrogens is 1. The predicted octanol–water partition coefficient (Wildman–Crippen LogP) is 5.44. The number of furan rings is 1. The van der Waals surface area contributed by atoms with Crippen molar-refractivity contribution in [3.63, 3.8) is 0 Å². The Balaban J connectivity index is 1.53. The molecule has 0 spiro atoms. The van der Waals surface area contributed by atoms with Gasteiger partial charge < -0.3 is 24.1 Å². The van der Waals surface area contributed by atoms with E-state index < -0.39 is 4.92 Å². The van der Waals surface area contributed by atoms with E-state index in [1.807, 2.05) is 54.6 Å². The monoisotopic (exact) mass is 516 g/mol. The van der Waals surface area contributed by atoms with Crippen LogP contribution < -0.4 is 14.8 Å². The largest absolute Gasteiger partial charge is 0.497 e. The van der Waals surface area contributed by atoms with Crippen LogP contribution >= 0.6 is 12.2 Å². The molecule has 10 heteroatoms. The van der Waals surface area contributed by atoms with Gasteiger partial charge in [-0.25, -0.2) is 0 Å². The topological polar surface area (TPSA) is 103 Å². The van der Waals surface area contributed by atoms with Crippen molar-refractivity contribution in [3.05, 3.63) is 106 Å². The first-order chi connectivity index (χ1) is 18.0. The second-order valence-electron chi connectivity index (χ2n) is 8.45. The maximum atomic E-state index is 11.2. The molecule has 1 N–H and O–H groups in total. The Morgan fingerprint density at radius 2 is 1.89 bits per heavy atom. The number of non-ortho nitro benzene ring substituents is 1. The highest BCUT2D eigenvalue weighted by atomic mass is 32.1. The molecule has 0 saturated carbocycles. The van der Waals surface area contributed by atoms with E-state index in [1.54, 1.807) is 19.4 Å². The number of nitrogens with zero attached hydrogens (tertiary/aromatic N) is 3. The Labute approximate surface area is 218 Å². The maximum absolute atomic E-state index is 11.2. The Morgan fingerprint density at radius 3 is 2.57 bits per heavy atom. The highest BCUT2D eigenvalue weighted by Crippen LogP contribution is 2.42. The number of hydrogen-bond acceptors (Lipinski definition) is 7. The number of rotatable bonds is 8. The van der Waals surface area contributed by atoms with Crippen molar-refractivity contribution in [2.75, 3.05) is 14.2 Å². The molecule has 188 valence electrons. The first-order valence-corrected chi connectivity index (χ1v) is 11.9. The standard InChI is InChI=1S/C27H24N4O5S/c1-34-19-9-6-17(7-10-19)16-30-26(25(29-27(30)37)21-5-3-4-14-28-21)23-13-12-22(36-23)20-11-8-18(31(32)33)15-24(20)35-2/h3-15,25-26H,16H2,1-2H3,(H,29,37)/t25-,26-/m1/s1. The lowest BCUT2D eigenvalue weighted by molar-refractivity contribution is -0.384. The first-order valence-electron chi connectivity index (χ1n) is 11.5. The normalized spacial score (nSPS) is 16.9. The Hall–Kier alpha value is -4.44. The number of pyridine rings is 1. The van der Waals surface area contributed by atoms with Crippen LogP contribution in [0.5, 0.6) is 11.5 Å². The van der Waals surface area contributed by atoms with Crippen molar-refractivity contribution in [3.8, 4) is 22.8 Å². The molecule has 2 aromatic carbocycles. The summed E-state index contributed by atoms with van der Waals surface area (Å²) in [6, 6.07) is 21.2. The summed E-state index contributed by atoms with van der Waals surface area (Å²) in [5.74, 6) is 2.34. The number of ether oxygens (including phenoxy) is 2. The Morgan fingerprint density at radius 1 is 1.08 bits per heavy atom. The molecule has 5 rings (SSSR count). The number of nitro benzene ring substituents is 1. The maximum Gasteiger partial charge on any atom is 0.273 e. The van der Waals surface area contributed by atoms with Crippen LogP contribution in [-0.4, -0.2) is 34.1 Å². The average Bonchev–Trinajstić information content (AvgIpc) is 3.54. The number of methoxy groups -OCH3 is 2. The van der Waals surface area contributed by atoms with E-state index >= 15 is 0 Å². The molecule has 1 saturated heterocycles. The molecule has 4 aromatic rings. The minimum absolute atomic E-state index is 0.0568. The second kappa shape index (κ2) is 10.3. The van der Waals surface area contributed by atoms with Gasteiger partial charge in [0.15, 0.2) is 5.11 Å². The van der Waals surface area contributed by atoms with Gasteiger partial charge in [-0.05, 0) is 60.2 Å². The summed E-state index contributed by atoms with van der Waals surface area (Å²) in [5, 5.41) is 15.2. The lowest BCUT2D eigenvalue weighted by atomic mass is 10.0. The molecule has 0 amide bonds. The summed E-state index contributed by atoms with van der Waals surface area (Å²) in [5.41, 5.74) is 2.45. The summed E-state index contributed by atoms with van der Waals surface area (Å²) in [4.78, 5) is 17.4. The van der Waals surface area contributed by atoms with Crippen LogP contribution in [0.25, 0.3) is 11.3 Å². The molecule has 2 aromatic heterocycles. The fraction of sp³-hybridized carbons (Fsp3) is 0.185. The third-order valence-corrected chi connectivity index (χ3v) is 6.64. The zero-order valence-electron chi connectivity index (χ0n) is 20.2. The van der Waals surface area contributed by atoms with Gasteiger partial charge in [0, 0.05) is 18.8 Å². The summed E-state index contributed by atoms with van der Waals surface area (Å²) < 4.78 is 17.1. The van der Waals surface area contributed by atoms with E-state index in [4.69, 9.17) is 26.1 Å². The Bertz CT molecular complexity index is 1420. The van der Waals surface area contributed by atoms with Crippen molar-refractivity contribution in [1.29, 1.82) is 0 Å². The summed E-state index contributed by atoms with van der Waals surface area (Å²) in [6.45, 7) is 0.542. The van der Waals surface area contributed by atoms with Crippen LogP contribution in [0.4, 0.5) is 5.69 Å². The third-order valence-electron chi connectivity index (χ3n) is 6.29. The number of nitrogens with one attached hydrogen (secondary N) is 1. The third kappa shape index (κ3) is 4.83. The number of hydrogen-bond donors (Lipinski definition) is 1. The smallest absolute Gasteiger partial charge is 0.273 e. The van der Waals surface area contributed by atoms with Crippen LogP contribution in [0, 0.1) is 10.1 Å². The molecule has 0 aliphatic carbocycles. The minimum atomic E-state index is -0.459. The molecule has 3 heterocycles. The van der Waals surface area contributed by atoms with E-state index in [9.17, 15) is 10.1 Å². The zero-order chi connectivity index (χ0) is 25.9. The van der Waals surface area contributed by atoms with Gasteiger partial charge in [0.25, 0.3) is 5.69 Å². The molecule has 1 fully saturated rings. The van der Waals surface area contributed by atoms with Crippen molar-refractivity contribution in [2.24, 2.45) is 0 Å². The van der Waals surface area contributed by atoms with Crippen LogP contribution in [-0.2, 0) is 6.54 Å². The first kappa shape index (κ1) is 24.3. The number of nitro groups is 1. The lowest BCUT2D eigenvalue weighted by Crippen LogP contribution is -2.29. The minimum Gasteiger partial charge on any atom is -0.497 e. The van der Waals surface area contributed by atoms with Gasteiger partial charge in [-0.3, -0.25) is 15.1 Å². The fourth-order valence-electron chi connectivity index (χ4n) is 4.47. The highest BCUT2D eigenvalue weighted by molar-refractivity contribution is 7.80. The zero-order valence-corrected chi connectivity index (χ0v) is 21.0. The van der Waals surface area contributed by atoms with Gasteiger partial charge in [-0.1, -0.05) is 18.2 Å². The van der Waals surface area contributed by atoms with Crippen LogP contribution in [0.15, 0.2) is 83.4 Å². The summed E-state index contributed by atoms with van der Waals surface area (Å²) in [7, 11) is 3.11. The van der Waals surface area contributed by atoms with E-state index in [0.717, 1.165) is 17.0 Å². The van der Waals surface area contributed by atoms with Gasteiger partial charge in [0.1, 0.15) is 29.1 Å². The van der Waals surface area contributed by atoms with Crippen LogP contribution in [0.3, 0.4) is 0 Å². The van der Waals surface area contributed by atoms with E-state index in [-0.39, 0.29) is 17.8 Å². The Kier molecular flexibility index (Phi) is 6.74. The lowest BCUT2D eigenvalue weighted by Gasteiger charge is -2.26. The van der Waals surface area contributed by atoms with Crippen LogP contribution in [0.1, 0.15) is 29.1 Å².